The highest BCUT2D eigenvalue weighted by molar-refractivity contribution is 6.06. The molecule has 146 valence electrons. The summed E-state index contributed by atoms with van der Waals surface area (Å²) in [5, 5.41) is 3.15. The van der Waals surface area contributed by atoms with E-state index < -0.39 is 6.29 Å². The minimum absolute atomic E-state index is 0.0862. The van der Waals surface area contributed by atoms with E-state index in [-0.39, 0.29) is 17.6 Å². The lowest BCUT2D eigenvalue weighted by atomic mass is 10.2. The summed E-state index contributed by atoms with van der Waals surface area (Å²) in [5.41, 5.74) is 7.04. The topological polar surface area (TPSA) is 78.5 Å². The molecule has 0 amide bonds. The molecule has 1 fully saturated rings. The molecule has 1 unspecified atom stereocenters. The smallest absolute Gasteiger partial charge is 0.222 e. The minimum atomic E-state index is -0.723. The van der Waals surface area contributed by atoms with Gasteiger partial charge in [-0.1, -0.05) is 12.1 Å². The highest BCUT2D eigenvalue weighted by Gasteiger charge is 2.32. The second-order valence-electron chi connectivity index (χ2n) is 6.38. The second-order valence-corrected chi connectivity index (χ2v) is 6.38. The van der Waals surface area contributed by atoms with Crippen LogP contribution in [0.4, 0.5) is 20.2 Å². The van der Waals surface area contributed by atoms with Crippen LogP contribution in [-0.4, -0.2) is 49.4 Å². The lowest BCUT2D eigenvalue weighted by Gasteiger charge is -2.41. The molecular formula is C19H20F2N6O. The van der Waals surface area contributed by atoms with Gasteiger partial charge in [-0.2, -0.15) is 4.99 Å². The van der Waals surface area contributed by atoms with Crippen LogP contribution in [0.3, 0.4) is 0 Å². The Balaban J connectivity index is 1.73. The number of ether oxygens (including phenoxy) is 1. The lowest BCUT2D eigenvalue weighted by molar-refractivity contribution is 0.0671. The number of hydrogen-bond acceptors (Lipinski definition) is 7. The van der Waals surface area contributed by atoms with Crippen molar-refractivity contribution < 1.29 is 13.5 Å². The maximum atomic E-state index is 13.9. The minimum Gasteiger partial charge on any atom is -0.378 e. The largest absolute Gasteiger partial charge is 0.378 e. The average molecular weight is 386 g/mol. The zero-order chi connectivity index (χ0) is 19.5. The van der Waals surface area contributed by atoms with Gasteiger partial charge >= 0.3 is 0 Å². The molecule has 4 rings (SSSR count). The van der Waals surface area contributed by atoms with Crippen LogP contribution >= 0.6 is 0 Å². The van der Waals surface area contributed by atoms with E-state index in [1.165, 1.54) is 24.3 Å². The summed E-state index contributed by atoms with van der Waals surface area (Å²) in [6.45, 7) is 2.33. The van der Waals surface area contributed by atoms with Gasteiger partial charge in [-0.15, -0.1) is 0 Å². The molecule has 28 heavy (non-hydrogen) atoms. The molecule has 1 atom stereocenters. The third-order valence-electron chi connectivity index (χ3n) is 4.43. The highest BCUT2D eigenvalue weighted by atomic mass is 19.1. The van der Waals surface area contributed by atoms with E-state index in [4.69, 9.17) is 10.5 Å². The van der Waals surface area contributed by atoms with Crippen molar-refractivity contribution in [2.24, 2.45) is 15.7 Å². The van der Waals surface area contributed by atoms with Gasteiger partial charge in [0.1, 0.15) is 11.6 Å². The first-order valence-corrected chi connectivity index (χ1v) is 8.92. The van der Waals surface area contributed by atoms with Gasteiger partial charge in [-0.25, -0.2) is 13.8 Å². The zero-order valence-corrected chi connectivity index (χ0v) is 15.1. The van der Waals surface area contributed by atoms with Crippen molar-refractivity contribution in [3.8, 4) is 0 Å². The molecule has 7 nitrogen and oxygen atoms in total. The van der Waals surface area contributed by atoms with Crippen molar-refractivity contribution in [1.29, 1.82) is 0 Å². The van der Waals surface area contributed by atoms with Gasteiger partial charge < -0.3 is 20.7 Å². The Morgan fingerprint density at radius 3 is 2.46 bits per heavy atom. The summed E-state index contributed by atoms with van der Waals surface area (Å²) in [6, 6.07) is 12.2. The first-order chi connectivity index (χ1) is 13.6. The Hall–Kier alpha value is -3.20. The van der Waals surface area contributed by atoms with Crippen molar-refractivity contribution in [3.05, 3.63) is 60.2 Å². The molecule has 2 aliphatic rings. The van der Waals surface area contributed by atoms with Crippen molar-refractivity contribution in [2.45, 2.75) is 6.29 Å². The van der Waals surface area contributed by atoms with Crippen LogP contribution in [-0.2, 0) is 4.74 Å². The van der Waals surface area contributed by atoms with Crippen LogP contribution < -0.4 is 16.0 Å². The van der Waals surface area contributed by atoms with Crippen molar-refractivity contribution >= 4 is 23.3 Å². The van der Waals surface area contributed by atoms with Gasteiger partial charge in [0.2, 0.25) is 18.2 Å². The van der Waals surface area contributed by atoms with Crippen LogP contribution in [0.2, 0.25) is 0 Å². The number of nitrogens with one attached hydrogen (secondary N) is 1. The molecule has 1 saturated heterocycles. The fourth-order valence-electron chi connectivity index (χ4n) is 3.17. The molecule has 0 spiro atoms. The molecule has 0 bridgehead atoms. The molecule has 3 N–H and O–H groups in total. The summed E-state index contributed by atoms with van der Waals surface area (Å²) in [4.78, 5) is 12.5. The number of guanidine groups is 2. The van der Waals surface area contributed by atoms with Crippen LogP contribution in [0, 0.1) is 11.6 Å². The van der Waals surface area contributed by atoms with Crippen molar-refractivity contribution in [3.63, 3.8) is 0 Å². The quantitative estimate of drug-likeness (QED) is 0.846. The number of hydrogen-bond donors (Lipinski definition) is 2. The molecule has 2 aromatic rings. The Bertz CT molecular complexity index is 913. The first kappa shape index (κ1) is 18.2. The summed E-state index contributed by atoms with van der Waals surface area (Å²) < 4.78 is 33.0. The molecule has 2 aromatic carbocycles. The first-order valence-electron chi connectivity index (χ1n) is 8.92. The number of nitrogens with two attached hydrogens (primary N) is 1. The Morgan fingerprint density at radius 2 is 1.75 bits per heavy atom. The number of rotatable bonds is 3. The lowest BCUT2D eigenvalue weighted by Crippen LogP contribution is -2.57. The Kier molecular flexibility index (Phi) is 5.07. The predicted molar refractivity (Wildman–Crippen MR) is 104 cm³/mol. The summed E-state index contributed by atoms with van der Waals surface area (Å²) in [7, 11) is 0. The average Bonchev–Trinajstić information content (AvgIpc) is 2.68. The Labute approximate surface area is 161 Å². The van der Waals surface area contributed by atoms with E-state index in [9.17, 15) is 8.78 Å². The fraction of sp³-hybridized carbons (Fsp3) is 0.263. The molecule has 0 saturated carbocycles. The number of aliphatic imine (C=N–C) groups is 2. The number of morpholine rings is 1. The number of benzene rings is 2. The molecule has 0 radical (unpaired) electrons. The van der Waals surface area contributed by atoms with E-state index >= 15 is 0 Å². The normalized spacial score (nSPS) is 19.9. The van der Waals surface area contributed by atoms with Crippen molar-refractivity contribution in [2.75, 3.05) is 36.5 Å². The van der Waals surface area contributed by atoms with Gasteiger partial charge in [0.05, 0.1) is 18.9 Å². The van der Waals surface area contributed by atoms with Gasteiger partial charge in [0.15, 0.2) is 0 Å². The van der Waals surface area contributed by atoms with Crippen LogP contribution in [0.15, 0.2) is 58.5 Å². The third kappa shape index (κ3) is 3.89. The highest BCUT2D eigenvalue weighted by Crippen LogP contribution is 2.25. The summed E-state index contributed by atoms with van der Waals surface area (Å²) >= 11 is 0. The van der Waals surface area contributed by atoms with E-state index in [0.29, 0.717) is 43.6 Å². The third-order valence-corrected chi connectivity index (χ3v) is 4.43. The number of nitrogens with zero attached hydrogens (tertiary/aromatic N) is 4. The molecule has 9 heteroatoms. The number of halogens is 2. The summed E-state index contributed by atoms with van der Waals surface area (Å²) in [6.07, 6.45) is -0.723. The predicted octanol–water partition coefficient (Wildman–Crippen LogP) is 2.18. The SMILES string of the molecule is NC1=NC(Nc2cccc(F)c2)N(c2cccc(F)c2)C(N2CCOCC2)=N1. The van der Waals surface area contributed by atoms with Gasteiger partial charge in [0.25, 0.3) is 0 Å². The van der Waals surface area contributed by atoms with E-state index in [1.807, 2.05) is 4.90 Å². The summed E-state index contributed by atoms with van der Waals surface area (Å²) in [5.74, 6) is -0.138. The van der Waals surface area contributed by atoms with Gasteiger partial charge in [-0.05, 0) is 36.4 Å². The molecule has 2 aliphatic heterocycles. The van der Waals surface area contributed by atoms with E-state index in [1.54, 1.807) is 29.2 Å². The molecule has 0 aromatic heterocycles. The Morgan fingerprint density at radius 1 is 1.04 bits per heavy atom. The zero-order valence-electron chi connectivity index (χ0n) is 15.1. The van der Waals surface area contributed by atoms with Crippen LogP contribution in [0.25, 0.3) is 0 Å². The van der Waals surface area contributed by atoms with E-state index in [0.717, 1.165) is 0 Å². The van der Waals surface area contributed by atoms with Crippen molar-refractivity contribution in [1.82, 2.24) is 4.90 Å². The van der Waals surface area contributed by atoms with Crippen LogP contribution in [0.1, 0.15) is 0 Å². The van der Waals surface area contributed by atoms with Gasteiger partial charge in [-0.3, -0.25) is 4.90 Å². The standard InChI is InChI=1S/C19H20F2N6O/c20-13-3-1-5-15(11-13)23-18-24-17(22)25-19(26-7-9-28-10-8-26)27(18)16-6-2-4-14(21)12-16/h1-6,11-12,18,23H,7-10H2,(H2,22,24). The molecule has 2 heterocycles. The van der Waals surface area contributed by atoms with Crippen LogP contribution in [0.5, 0.6) is 0 Å². The molecular weight excluding hydrogens is 366 g/mol. The maximum absolute atomic E-state index is 13.9. The second kappa shape index (κ2) is 7.81. The monoisotopic (exact) mass is 386 g/mol. The molecule has 0 aliphatic carbocycles. The van der Waals surface area contributed by atoms with E-state index in [2.05, 4.69) is 15.3 Å². The fourth-order valence-corrected chi connectivity index (χ4v) is 3.17. The van der Waals surface area contributed by atoms with Gasteiger partial charge in [0, 0.05) is 18.8 Å². The number of anilines is 2. The maximum Gasteiger partial charge on any atom is 0.222 e.